The van der Waals surface area contributed by atoms with Crippen molar-refractivity contribution in [2.24, 2.45) is 0 Å². The zero-order valence-electron chi connectivity index (χ0n) is 12.7. The van der Waals surface area contributed by atoms with Crippen molar-refractivity contribution in [2.75, 3.05) is 26.0 Å². The standard InChI is InChI=1S/C15H22N4O2/c1-4-14-18-12-9-11(16)5-6-13(12)19(14)10(2)15(20)17-7-8-21-3/h5-6,9-10H,4,7-8,16H2,1-3H3,(H,17,20). The van der Waals surface area contributed by atoms with Crippen LogP contribution in [-0.4, -0.2) is 35.7 Å². The number of fused-ring (bicyclic) bond motifs is 1. The van der Waals surface area contributed by atoms with E-state index < -0.39 is 0 Å². The van der Waals surface area contributed by atoms with Crippen molar-refractivity contribution in [1.29, 1.82) is 0 Å². The molecule has 0 aliphatic heterocycles. The third-order valence-electron chi connectivity index (χ3n) is 3.47. The Morgan fingerprint density at radius 3 is 2.95 bits per heavy atom. The Morgan fingerprint density at radius 2 is 2.29 bits per heavy atom. The predicted molar refractivity (Wildman–Crippen MR) is 83.1 cm³/mol. The minimum absolute atomic E-state index is 0.0436. The van der Waals surface area contributed by atoms with Gasteiger partial charge in [-0.05, 0) is 25.1 Å². The zero-order valence-corrected chi connectivity index (χ0v) is 12.7. The number of rotatable bonds is 6. The smallest absolute Gasteiger partial charge is 0.242 e. The second kappa shape index (κ2) is 6.58. The van der Waals surface area contributed by atoms with Gasteiger partial charge in [-0.25, -0.2) is 4.98 Å². The topological polar surface area (TPSA) is 82.2 Å². The molecule has 21 heavy (non-hydrogen) atoms. The van der Waals surface area contributed by atoms with Gasteiger partial charge < -0.3 is 20.4 Å². The molecule has 1 heterocycles. The number of imidazole rings is 1. The normalized spacial score (nSPS) is 12.5. The molecule has 1 unspecified atom stereocenters. The molecule has 0 fully saturated rings. The van der Waals surface area contributed by atoms with E-state index in [4.69, 9.17) is 10.5 Å². The van der Waals surface area contributed by atoms with E-state index in [-0.39, 0.29) is 11.9 Å². The van der Waals surface area contributed by atoms with Gasteiger partial charge in [0.15, 0.2) is 0 Å². The molecule has 1 amide bonds. The van der Waals surface area contributed by atoms with Crippen LogP contribution in [0.1, 0.15) is 25.7 Å². The molecular formula is C15H22N4O2. The van der Waals surface area contributed by atoms with Crippen molar-refractivity contribution in [3.05, 3.63) is 24.0 Å². The summed E-state index contributed by atoms with van der Waals surface area (Å²) in [6.07, 6.45) is 0.754. The second-order valence-corrected chi connectivity index (χ2v) is 4.96. The first-order chi connectivity index (χ1) is 10.1. The maximum Gasteiger partial charge on any atom is 0.242 e. The van der Waals surface area contributed by atoms with Crippen LogP contribution < -0.4 is 11.1 Å². The van der Waals surface area contributed by atoms with E-state index in [1.165, 1.54) is 0 Å². The van der Waals surface area contributed by atoms with E-state index in [0.29, 0.717) is 18.8 Å². The number of aryl methyl sites for hydroxylation is 1. The molecule has 0 spiro atoms. The first-order valence-electron chi connectivity index (χ1n) is 7.11. The molecule has 0 saturated heterocycles. The summed E-state index contributed by atoms with van der Waals surface area (Å²) in [4.78, 5) is 16.8. The fourth-order valence-corrected chi connectivity index (χ4v) is 2.39. The Morgan fingerprint density at radius 1 is 1.52 bits per heavy atom. The predicted octanol–water partition coefficient (Wildman–Crippen LogP) is 1.50. The minimum Gasteiger partial charge on any atom is -0.399 e. The maximum absolute atomic E-state index is 12.3. The van der Waals surface area contributed by atoms with Gasteiger partial charge in [0.2, 0.25) is 5.91 Å². The summed E-state index contributed by atoms with van der Waals surface area (Å²) in [7, 11) is 1.61. The van der Waals surface area contributed by atoms with Gasteiger partial charge in [-0.1, -0.05) is 6.92 Å². The number of ether oxygens (including phenoxy) is 1. The Balaban J connectivity index is 2.33. The van der Waals surface area contributed by atoms with Gasteiger partial charge >= 0.3 is 0 Å². The van der Waals surface area contributed by atoms with Gasteiger partial charge in [0, 0.05) is 25.8 Å². The third kappa shape index (κ3) is 3.16. The highest BCUT2D eigenvalue weighted by Gasteiger charge is 2.20. The summed E-state index contributed by atoms with van der Waals surface area (Å²) in [6, 6.07) is 5.25. The number of anilines is 1. The summed E-state index contributed by atoms with van der Waals surface area (Å²) in [5.74, 6) is 0.836. The van der Waals surface area contributed by atoms with Gasteiger partial charge in [0.05, 0.1) is 17.6 Å². The number of nitrogens with two attached hydrogens (primary N) is 1. The molecule has 0 radical (unpaired) electrons. The number of hydrogen-bond donors (Lipinski definition) is 2. The molecule has 6 nitrogen and oxygen atoms in total. The largest absolute Gasteiger partial charge is 0.399 e. The number of nitrogens with one attached hydrogen (secondary N) is 1. The van der Waals surface area contributed by atoms with Crippen LogP contribution in [-0.2, 0) is 16.0 Å². The molecule has 0 aliphatic rings. The number of aromatic nitrogens is 2. The number of nitrogens with zero attached hydrogens (tertiary/aromatic N) is 2. The highest BCUT2D eigenvalue weighted by Crippen LogP contribution is 2.23. The van der Waals surface area contributed by atoms with Crippen LogP contribution >= 0.6 is 0 Å². The number of carbonyl (C=O) groups is 1. The number of methoxy groups -OCH3 is 1. The lowest BCUT2D eigenvalue weighted by atomic mass is 10.2. The van der Waals surface area contributed by atoms with Crippen LogP contribution in [0.3, 0.4) is 0 Å². The number of amides is 1. The van der Waals surface area contributed by atoms with Crippen LogP contribution in [0, 0.1) is 0 Å². The molecule has 1 aromatic carbocycles. The summed E-state index contributed by atoms with van der Waals surface area (Å²) >= 11 is 0. The van der Waals surface area contributed by atoms with Crippen molar-refractivity contribution < 1.29 is 9.53 Å². The monoisotopic (exact) mass is 290 g/mol. The Hall–Kier alpha value is -2.08. The molecule has 0 bridgehead atoms. The Kier molecular flexibility index (Phi) is 4.80. The van der Waals surface area contributed by atoms with E-state index in [2.05, 4.69) is 10.3 Å². The van der Waals surface area contributed by atoms with Gasteiger partial charge in [0.1, 0.15) is 11.9 Å². The number of benzene rings is 1. The second-order valence-electron chi connectivity index (χ2n) is 4.96. The maximum atomic E-state index is 12.3. The van der Waals surface area contributed by atoms with Crippen LogP contribution in [0.2, 0.25) is 0 Å². The zero-order chi connectivity index (χ0) is 15.4. The summed E-state index contributed by atoms with van der Waals surface area (Å²) < 4.78 is 6.91. The number of nitrogen functional groups attached to an aromatic ring is 1. The minimum atomic E-state index is -0.328. The van der Waals surface area contributed by atoms with Crippen molar-refractivity contribution in [3.63, 3.8) is 0 Å². The first-order valence-corrected chi connectivity index (χ1v) is 7.11. The molecule has 0 aliphatic carbocycles. The lowest BCUT2D eigenvalue weighted by Gasteiger charge is -2.17. The van der Waals surface area contributed by atoms with E-state index >= 15 is 0 Å². The molecule has 1 atom stereocenters. The van der Waals surface area contributed by atoms with E-state index in [1.807, 2.05) is 36.6 Å². The van der Waals surface area contributed by atoms with Crippen LogP contribution in [0.4, 0.5) is 5.69 Å². The highest BCUT2D eigenvalue weighted by atomic mass is 16.5. The molecule has 6 heteroatoms. The lowest BCUT2D eigenvalue weighted by molar-refractivity contribution is -0.124. The molecule has 2 aromatic rings. The van der Waals surface area contributed by atoms with E-state index in [0.717, 1.165) is 23.3 Å². The molecule has 1 aromatic heterocycles. The van der Waals surface area contributed by atoms with E-state index in [9.17, 15) is 4.79 Å². The number of hydrogen-bond acceptors (Lipinski definition) is 4. The van der Waals surface area contributed by atoms with Crippen molar-refractivity contribution in [1.82, 2.24) is 14.9 Å². The van der Waals surface area contributed by atoms with E-state index in [1.54, 1.807) is 7.11 Å². The van der Waals surface area contributed by atoms with Crippen molar-refractivity contribution in [2.45, 2.75) is 26.3 Å². The molecule has 0 saturated carbocycles. The van der Waals surface area contributed by atoms with Gasteiger partial charge in [-0.3, -0.25) is 4.79 Å². The SMILES string of the molecule is CCc1nc2cc(N)ccc2n1C(C)C(=O)NCCOC. The average Bonchev–Trinajstić information content (AvgIpc) is 2.83. The van der Waals surface area contributed by atoms with Crippen LogP contribution in [0.15, 0.2) is 18.2 Å². The molecule has 2 rings (SSSR count). The fourth-order valence-electron chi connectivity index (χ4n) is 2.39. The highest BCUT2D eigenvalue weighted by molar-refractivity contribution is 5.85. The van der Waals surface area contributed by atoms with Crippen molar-refractivity contribution in [3.8, 4) is 0 Å². The first kappa shape index (κ1) is 15.3. The quantitative estimate of drug-likeness (QED) is 0.624. The number of carbonyl (C=O) groups excluding carboxylic acids is 1. The Labute approximate surface area is 124 Å². The van der Waals surface area contributed by atoms with Gasteiger partial charge in [0.25, 0.3) is 0 Å². The molecule has 3 N–H and O–H groups in total. The average molecular weight is 290 g/mol. The lowest BCUT2D eigenvalue weighted by Crippen LogP contribution is -2.33. The summed E-state index contributed by atoms with van der Waals surface area (Å²) in [5.41, 5.74) is 8.22. The van der Waals surface area contributed by atoms with Crippen LogP contribution in [0.25, 0.3) is 11.0 Å². The van der Waals surface area contributed by atoms with Gasteiger partial charge in [-0.15, -0.1) is 0 Å². The summed E-state index contributed by atoms with van der Waals surface area (Å²) in [6.45, 7) is 4.90. The summed E-state index contributed by atoms with van der Waals surface area (Å²) in [5, 5.41) is 2.86. The molecule has 114 valence electrons. The van der Waals surface area contributed by atoms with Crippen molar-refractivity contribution >= 4 is 22.6 Å². The molecular weight excluding hydrogens is 268 g/mol. The Bertz CT molecular complexity index is 636. The third-order valence-corrected chi connectivity index (χ3v) is 3.47. The van der Waals surface area contributed by atoms with Gasteiger partial charge in [-0.2, -0.15) is 0 Å². The fraction of sp³-hybridized carbons (Fsp3) is 0.467. The van der Waals surface area contributed by atoms with Crippen LogP contribution in [0.5, 0.6) is 0 Å².